The third kappa shape index (κ3) is 3.71. The second-order valence-corrected chi connectivity index (χ2v) is 6.75. The molecule has 24 heavy (non-hydrogen) atoms. The Labute approximate surface area is 144 Å². The monoisotopic (exact) mass is 329 g/mol. The lowest BCUT2D eigenvalue weighted by Crippen LogP contribution is -2.49. The van der Waals surface area contributed by atoms with Crippen molar-refractivity contribution in [2.45, 2.75) is 46.0 Å². The summed E-state index contributed by atoms with van der Waals surface area (Å²) >= 11 is 0. The molecule has 2 amide bonds. The summed E-state index contributed by atoms with van der Waals surface area (Å²) in [5.41, 5.74) is 3.22. The van der Waals surface area contributed by atoms with E-state index in [2.05, 4.69) is 33.1 Å². The van der Waals surface area contributed by atoms with E-state index in [0.29, 0.717) is 0 Å². The molecule has 0 saturated carbocycles. The molecule has 0 radical (unpaired) electrons. The van der Waals surface area contributed by atoms with Crippen molar-refractivity contribution >= 4 is 17.7 Å². The lowest BCUT2D eigenvalue weighted by molar-refractivity contribution is -0.512. The van der Waals surface area contributed by atoms with Crippen molar-refractivity contribution < 1.29 is 9.37 Å². The van der Waals surface area contributed by atoms with E-state index < -0.39 is 0 Å². The number of nitrogens with zero attached hydrogens (tertiary/aromatic N) is 2. The number of likely N-dealkylation sites (tertiary alicyclic amines) is 1. The van der Waals surface area contributed by atoms with Gasteiger partial charge in [-0.1, -0.05) is 25.1 Å². The number of carbonyl (C=O) groups excluding carboxylic acids is 1. The number of guanidine groups is 1. The Balaban J connectivity index is 1.76. The van der Waals surface area contributed by atoms with Crippen LogP contribution in [0.1, 0.15) is 43.7 Å². The van der Waals surface area contributed by atoms with Crippen molar-refractivity contribution in [1.29, 1.82) is 0 Å². The van der Waals surface area contributed by atoms with E-state index in [1.165, 1.54) is 31.2 Å². The first-order valence-corrected chi connectivity index (χ1v) is 9.22. The van der Waals surface area contributed by atoms with Crippen LogP contribution in [0.15, 0.2) is 18.2 Å². The minimum atomic E-state index is -0.132. The summed E-state index contributed by atoms with van der Waals surface area (Å²) in [5.74, 6) is 0.995. The summed E-state index contributed by atoms with van der Waals surface area (Å²) in [5, 5.41) is 6.23. The summed E-state index contributed by atoms with van der Waals surface area (Å²) < 4.78 is 2.32. The highest BCUT2D eigenvalue weighted by Gasteiger charge is 2.29. The number of amides is 2. The van der Waals surface area contributed by atoms with E-state index in [4.69, 9.17) is 0 Å². The average molecular weight is 329 g/mol. The maximum Gasteiger partial charge on any atom is 0.384 e. The number of benzene rings is 1. The first-order chi connectivity index (χ1) is 11.7. The molecule has 1 aromatic carbocycles. The van der Waals surface area contributed by atoms with Crippen LogP contribution >= 0.6 is 0 Å². The van der Waals surface area contributed by atoms with Gasteiger partial charge in [0.1, 0.15) is 0 Å². The first kappa shape index (κ1) is 16.8. The predicted octanol–water partition coefficient (Wildman–Crippen LogP) is 2.94. The van der Waals surface area contributed by atoms with Gasteiger partial charge >= 0.3 is 12.0 Å². The summed E-state index contributed by atoms with van der Waals surface area (Å²) in [4.78, 5) is 15.0. The van der Waals surface area contributed by atoms with E-state index in [-0.39, 0.29) is 6.03 Å². The molecule has 2 fully saturated rings. The fraction of sp³-hybridized carbons (Fsp3) is 0.579. The first-order valence-electron chi connectivity index (χ1n) is 9.22. The van der Waals surface area contributed by atoms with Gasteiger partial charge in [0.2, 0.25) is 0 Å². The van der Waals surface area contributed by atoms with Crippen molar-refractivity contribution in [3.05, 3.63) is 29.3 Å². The van der Waals surface area contributed by atoms with E-state index in [9.17, 15) is 4.79 Å². The Hall–Kier alpha value is -2.04. The van der Waals surface area contributed by atoms with Crippen molar-refractivity contribution in [2.24, 2.45) is 0 Å². The van der Waals surface area contributed by atoms with Crippen LogP contribution in [-0.2, 0) is 6.42 Å². The highest BCUT2D eigenvalue weighted by atomic mass is 16.2. The topological polar surface area (TPSA) is 47.4 Å². The Kier molecular flexibility index (Phi) is 5.38. The smallest absolute Gasteiger partial charge is 0.294 e. The van der Waals surface area contributed by atoms with Gasteiger partial charge in [-0.25, -0.2) is 4.79 Å². The van der Waals surface area contributed by atoms with Crippen LogP contribution in [0.5, 0.6) is 0 Å². The Morgan fingerprint density at radius 2 is 1.88 bits per heavy atom. The third-order valence-corrected chi connectivity index (χ3v) is 5.02. The number of urea groups is 1. The predicted molar refractivity (Wildman–Crippen MR) is 97.8 cm³/mol. The lowest BCUT2D eigenvalue weighted by Gasteiger charge is -2.18. The Morgan fingerprint density at radius 3 is 2.54 bits per heavy atom. The summed E-state index contributed by atoms with van der Waals surface area (Å²) in [6, 6.07) is 6.03. The SMILES string of the molecule is CCc1cccc(C)c1NC(=O)NC(N1CCCC1)=[N+]1CCCC1. The molecule has 130 valence electrons. The van der Waals surface area contributed by atoms with E-state index in [1.54, 1.807) is 0 Å². The molecule has 2 aliphatic rings. The molecule has 2 heterocycles. The van der Waals surface area contributed by atoms with Crippen molar-refractivity contribution in [3.63, 3.8) is 0 Å². The van der Waals surface area contributed by atoms with Gasteiger partial charge in [0.25, 0.3) is 0 Å². The number of aryl methyl sites for hydroxylation is 2. The molecule has 2 N–H and O–H groups in total. The van der Waals surface area contributed by atoms with Crippen LogP contribution in [0.4, 0.5) is 10.5 Å². The standard InChI is InChI=1S/C19H28N4O/c1-3-16-10-8-9-15(2)17(16)20-18(24)21-19(22-11-4-5-12-22)23-13-6-7-14-23/h8-10H,3-7,11-14H2,1-2H3,(H,20,24)/p+1. The van der Waals surface area contributed by atoms with Crippen molar-refractivity contribution in [2.75, 3.05) is 31.5 Å². The molecule has 0 aromatic heterocycles. The second-order valence-electron chi connectivity index (χ2n) is 6.75. The van der Waals surface area contributed by atoms with Gasteiger partial charge in [-0.05, 0) is 50.2 Å². The maximum atomic E-state index is 12.7. The molecule has 1 aromatic rings. The Bertz CT molecular complexity index is 624. The fourth-order valence-corrected chi connectivity index (χ4v) is 3.66. The van der Waals surface area contributed by atoms with Crippen LogP contribution < -0.4 is 10.6 Å². The van der Waals surface area contributed by atoms with E-state index in [0.717, 1.165) is 49.8 Å². The molecule has 3 rings (SSSR count). The summed E-state index contributed by atoms with van der Waals surface area (Å²) in [6.07, 6.45) is 5.74. The van der Waals surface area contributed by atoms with Gasteiger partial charge in [0.15, 0.2) is 0 Å². The summed E-state index contributed by atoms with van der Waals surface area (Å²) in [6.45, 7) is 8.31. The van der Waals surface area contributed by atoms with Crippen molar-refractivity contribution in [3.8, 4) is 0 Å². The van der Waals surface area contributed by atoms with Gasteiger partial charge in [-0.15, -0.1) is 0 Å². The zero-order valence-electron chi connectivity index (χ0n) is 14.9. The second kappa shape index (κ2) is 7.69. The molecule has 2 saturated heterocycles. The van der Waals surface area contributed by atoms with Crippen LogP contribution in [0.2, 0.25) is 0 Å². The third-order valence-electron chi connectivity index (χ3n) is 5.02. The summed E-state index contributed by atoms with van der Waals surface area (Å²) in [7, 11) is 0. The van der Waals surface area contributed by atoms with Crippen LogP contribution in [-0.4, -0.2) is 47.6 Å². The van der Waals surface area contributed by atoms with Gasteiger partial charge in [0, 0.05) is 5.69 Å². The fourth-order valence-electron chi connectivity index (χ4n) is 3.66. The van der Waals surface area contributed by atoms with Gasteiger partial charge in [-0.2, -0.15) is 5.32 Å². The van der Waals surface area contributed by atoms with Crippen molar-refractivity contribution in [1.82, 2.24) is 10.2 Å². The molecule has 5 heteroatoms. The largest absolute Gasteiger partial charge is 0.384 e. The number of rotatable bonds is 2. The van der Waals surface area contributed by atoms with Crippen LogP contribution in [0, 0.1) is 6.92 Å². The van der Waals surface area contributed by atoms with Gasteiger partial charge < -0.3 is 0 Å². The molecule has 0 bridgehead atoms. The molecule has 0 atom stereocenters. The average Bonchev–Trinajstić information content (AvgIpc) is 3.28. The number of hydrogen-bond donors (Lipinski definition) is 2. The molecule has 0 aliphatic carbocycles. The van der Waals surface area contributed by atoms with Crippen LogP contribution in [0.3, 0.4) is 0 Å². The zero-order valence-corrected chi connectivity index (χ0v) is 14.9. The van der Waals surface area contributed by atoms with E-state index in [1.807, 2.05) is 19.1 Å². The molecule has 5 nitrogen and oxygen atoms in total. The van der Waals surface area contributed by atoms with E-state index >= 15 is 0 Å². The number of para-hydroxylation sites is 1. The van der Waals surface area contributed by atoms with Gasteiger partial charge in [0.05, 0.1) is 26.2 Å². The zero-order chi connectivity index (χ0) is 16.9. The Morgan fingerprint density at radius 1 is 1.17 bits per heavy atom. The molecule has 0 spiro atoms. The molecular formula is C19H29N4O+. The number of nitrogens with one attached hydrogen (secondary N) is 2. The maximum absolute atomic E-state index is 12.7. The van der Waals surface area contributed by atoms with Gasteiger partial charge in [-0.3, -0.25) is 14.8 Å². The minimum Gasteiger partial charge on any atom is -0.294 e. The minimum absolute atomic E-state index is 0.132. The van der Waals surface area contributed by atoms with Crippen LogP contribution in [0.25, 0.3) is 0 Å². The quantitative estimate of drug-likeness (QED) is 0.647. The molecule has 0 unspecified atom stereocenters. The molecular weight excluding hydrogens is 300 g/mol. The molecule has 2 aliphatic heterocycles. The number of hydrogen-bond acceptors (Lipinski definition) is 1. The highest BCUT2D eigenvalue weighted by Crippen LogP contribution is 2.21. The number of carbonyl (C=O) groups is 1. The number of anilines is 1. The normalized spacial score (nSPS) is 17.2. The lowest BCUT2D eigenvalue weighted by atomic mass is 10.1. The highest BCUT2D eigenvalue weighted by molar-refractivity contribution is 6.01.